The van der Waals surface area contributed by atoms with Crippen LogP contribution in [0.1, 0.15) is 26.7 Å². The van der Waals surface area contributed by atoms with Gasteiger partial charge in [-0.1, -0.05) is 22.9 Å². The number of alkyl halides is 1. The zero-order valence-corrected chi connectivity index (χ0v) is 8.80. The van der Waals surface area contributed by atoms with Gasteiger partial charge < -0.3 is 4.74 Å². The molecule has 0 radical (unpaired) electrons. The van der Waals surface area contributed by atoms with Gasteiger partial charge in [0.05, 0.1) is 6.61 Å². The summed E-state index contributed by atoms with van der Waals surface area (Å²) in [6, 6.07) is 0. The van der Waals surface area contributed by atoms with Crippen LogP contribution in [0.3, 0.4) is 0 Å². The van der Waals surface area contributed by atoms with Crippen LogP contribution in [0.5, 0.6) is 0 Å². The van der Waals surface area contributed by atoms with Gasteiger partial charge in [-0.2, -0.15) is 0 Å². The molecule has 1 nitrogen and oxygen atoms in total. The molecule has 0 aliphatic carbocycles. The molecule has 0 saturated heterocycles. The molecule has 0 aliphatic heterocycles. The highest BCUT2D eigenvalue weighted by molar-refractivity contribution is 9.09. The van der Waals surface area contributed by atoms with Gasteiger partial charge >= 0.3 is 0 Å². The Kier molecular flexibility index (Phi) is 6.33. The molecule has 0 heterocycles. The van der Waals surface area contributed by atoms with E-state index in [4.69, 9.17) is 17.0 Å². The second-order valence-electron chi connectivity index (χ2n) is 2.26. The highest BCUT2D eigenvalue weighted by Gasteiger charge is 1.95. The minimum Gasteiger partial charge on any atom is -0.487 e. The molecule has 1 atom stereocenters. The van der Waals surface area contributed by atoms with Crippen LogP contribution >= 0.6 is 28.1 Å². The van der Waals surface area contributed by atoms with E-state index in [1.165, 1.54) is 0 Å². The van der Waals surface area contributed by atoms with Crippen LogP contribution in [0.4, 0.5) is 0 Å². The molecule has 1 unspecified atom stereocenters. The molecule has 0 bridgehead atoms. The van der Waals surface area contributed by atoms with Crippen LogP contribution in [-0.4, -0.2) is 16.5 Å². The number of hydrogen-bond donors (Lipinski definition) is 0. The second kappa shape index (κ2) is 6.10. The first-order valence-electron chi connectivity index (χ1n) is 3.40. The zero-order chi connectivity index (χ0) is 7.98. The third-order valence-corrected chi connectivity index (χ3v) is 1.63. The average molecular weight is 225 g/mol. The molecule has 0 aromatic rings. The standard InChI is InChI=1S/C7H13BrOS/c1-6(8)4-3-5-9-7(2)10/h6H,3-5H2,1-2H3. The fourth-order valence-electron chi connectivity index (χ4n) is 0.581. The fourth-order valence-corrected chi connectivity index (χ4v) is 0.988. The Morgan fingerprint density at radius 2 is 2.30 bits per heavy atom. The van der Waals surface area contributed by atoms with E-state index in [0.717, 1.165) is 19.4 Å². The first-order chi connectivity index (χ1) is 4.63. The monoisotopic (exact) mass is 224 g/mol. The van der Waals surface area contributed by atoms with Crippen LogP contribution in [0.2, 0.25) is 0 Å². The summed E-state index contributed by atoms with van der Waals surface area (Å²) in [7, 11) is 0. The van der Waals surface area contributed by atoms with E-state index < -0.39 is 0 Å². The molecule has 0 rings (SSSR count). The van der Waals surface area contributed by atoms with Crippen molar-refractivity contribution in [2.45, 2.75) is 31.5 Å². The maximum Gasteiger partial charge on any atom is 0.156 e. The molecule has 0 fully saturated rings. The van der Waals surface area contributed by atoms with Crippen molar-refractivity contribution < 1.29 is 4.74 Å². The maximum absolute atomic E-state index is 5.10. The summed E-state index contributed by atoms with van der Waals surface area (Å²) in [5, 5.41) is 0.641. The van der Waals surface area contributed by atoms with E-state index in [1.807, 2.05) is 0 Å². The first kappa shape index (κ1) is 10.4. The smallest absolute Gasteiger partial charge is 0.156 e. The summed E-state index contributed by atoms with van der Waals surface area (Å²) in [6.45, 7) is 4.68. The summed E-state index contributed by atoms with van der Waals surface area (Å²) < 4.78 is 5.10. The van der Waals surface area contributed by atoms with Crippen LogP contribution in [0, 0.1) is 0 Å². The Bertz CT molecular complexity index is 104. The van der Waals surface area contributed by atoms with Gasteiger partial charge in [-0.15, -0.1) is 0 Å². The molecule has 0 aromatic carbocycles. The molecule has 3 heteroatoms. The predicted molar refractivity (Wildman–Crippen MR) is 51.8 cm³/mol. The Labute approximate surface area is 76.3 Å². The minimum atomic E-state index is 0.585. The molecule has 60 valence electrons. The van der Waals surface area contributed by atoms with Crippen LogP contribution in [0.15, 0.2) is 0 Å². The molecule has 0 spiro atoms. The number of rotatable bonds is 4. The SMILES string of the molecule is CC(=S)OCCCC(C)Br. The highest BCUT2D eigenvalue weighted by Crippen LogP contribution is 2.05. The zero-order valence-electron chi connectivity index (χ0n) is 6.39. The van der Waals surface area contributed by atoms with Gasteiger partial charge in [-0.05, 0) is 25.1 Å². The van der Waals surface area contributed by atoms with E-state index in [0.29, 0.717) is 9.88 Å². The summed E-state index contributed by atoms with van der Waals surface area (Å²) in [4.78, 5) is 0.585. The predicted octanol–water partition coefficient (Wildman–Crippen LogP) is 2.91. The van der Waals surface area contributed by atoms with Gasteiger partial charge in [0.25, 0.3) is 0 Å². The maximum atomic E-state index is 5.10. The van der Waals surface area contributed by atoms with E-state index in [1.54, 1.807) is 6.92 Å². The van der Waals surface area contributed by atoms with Crippen LogP contribution in [-0.2, 0) is 4.74 Å². The lowest BCUT2D eigenvalue weighted by Gasteiger charge is -2.03. The van der Waals surface area contributed by atoms with Crippen molar-refractivity contribution in [1.29, 1.82) is 0 Å². The third-order valence-electron chi connectivity index (χ3n) is 1.05. The summed E-state index contributed by atoms with van der Waals surface area (Å²) >= 11 is 8.19. The number of halogens is 1. The number of ether oxygens (including phenoxy) is 1. The molecule has 0 aliphatic rings. The van der Waals surface area contributed by atoms with E-state index >= 15 is 0 Å². The average Bonchev–Trinajstić information content (AvgIpc) is 1.79. The van der Waals surface area contributed by atoms with Gasteiger partial charge in [0.1, 0.15) is 0 Å². The van der Waals surface area contributed by atoms with Crippen molar-refractivity contribution in [2.24, 2.45) is 0 Å². The Hall–Kier alpha value is 0.370. The normalized spacial score (nSPS) is 12.7. The largest absolute Gasteiger partial charge is 0.487 e. The van der Waals surface area contributed by atoms with Gasteiger partial charge in [0.15, 0.2) is 5.05 Å². The van der Waals surface area contributed by atoms with Crippen LogP contribution in [0.25, 0.3) is 0 Å². The third kappa shape index (κ3) is 8.37. The number of thiocarbonyl (C=S) groups is 1. The highest BCUT2D eigenvalue weighted by atomic mass is 79.9. The fraction of sp³-hybridized carbons (Fsp3) is 0.857. The summed E-state index contributed by atoms with van der Waals surface area (Å²) in [6.07, 6.45) is 2.21. The lowest BCUT2D eigenvalue weighted by molar-refractivity contribution is 0.300. The Morgan fingerprint density at radius 3 is 2.70 bits per heavy atom. The van der Waals surface area contributed by atoms with Crippen molar-refractivity contribution in [2.75, 3.05) is 6.61 Å². The molecule has 10 heavy (non-hydrogen) atoms. The Balaban J connectivity index is 2.98. The van der Waals surface area contributed by atoms with E-state index in [-0.39, 0.29) is 0 Å². The lowest BCUT2D eigenvalue weighted by atomic mass is 10.3. The Morgan fingerprint density at radius 1 is 1.70 bits per heavy atom. The molecular formula is C7H13BrOS. The van der Waals surface area contributed by atoms with Crippen molar-refractivity contribution in [3.63, 3.8) is 0 Å². The van der Waals surface area contributed by atoms with Crippen molar-refractivity contribution in [1.82, 2.24) is 0 Å². The lowest BCUT2D eigenvalue weighted by Crippen LogP contribution is -2.00. The van der Waals surface area contributed by atoms with E-state index in [2.05, 4.69) is 22.9 Å². The van der Waals surface area contributed by atoms with Gasteiger partial charge in [0.2, 0.25) is 0 Å². The minimum absolute atomic E-state index is 0.585. The van der Waals surface area contributed by atoms with Gasteiger partial charge in [0, 0.05) is 11.8 Å². The summed E-state index contributed by atoms with van der Waals surface area (Å²) in [5.74, 6) is 0. The molecule has 0 saturated carbocycles. The van der Waals surface area contributed by atoms with Crippen LogP contribution < -0.4 is 0 Å². The molecule has 0 N–H and O–H groups in total. The van der Waals surface area contributed by atoms with Gasteiger partial charge in [-0.25, -0.2) is 0 Å². The molecular weight excluding hydrogens is 212 g/mol. The first-order valence-corrected chi connectivity index (χ1v) is 4.72. The molecule has 0 aromatic heterocycles. The van der Waals surface area contributed by atoms with Gasteiger partial charge in [-0.3, -0.25) is 0 Å². The van der Waals surface area contributed by atoms with Crippen molar-refractivity contribution in [3.05, 3.63) is 0 Å². The van der Waals surface area contributed by atoms with Crippen molar-refractivity contribution in [3.8, 4) is 0 Å². The second-order valence-corrected chi connectivity index (χ2v) is 4.40. The quantitative estimate of drug-likeness (QED) is 0.413. The number of hydrogen-bond acceptors (Lipinski definition) is 2. The summed E-state index contributed by atoms with van der Waals surface area (Å²) in [5.41, 5.74) is 0. The molecule has 0 amide bonds. The van der Waals surface area contributed by atoms with Crippen molar-refractivity contribution >= 4 is 33.2 Å². The topological polar surface area (TPSA) is 9.23 Å². The van der Waals surface area contributed by atoms with E-state index in [9.17, 15) is 0 Å².